The van der Waals surface area contributed by atoms with Crippen molar-refractivity contribution in [1.82, 2.24) is 9.55 Å². The maximum atomic E-state index is 14.6. The second-order valence-corrected chi connectivity index (χ2v) is 10.5. The van der Waals surface area contributed by atoms with E-state index in [4.69, 9.17) is 30.9 Å². The van der Waals surface area contributed by atoms with Gasteiger partial charge in [0.1, 0.15) is 17.5 Å². The lowest BCUT2D eigenvalue weighted by molar-refractivity contribution is -0.120. The van der Waals surface area contributed by atoms with Crippen molar-refractivity contribution in [2.45, 2.75) is 24.1 Å². The molecule has 0 bridgehead atoms. The first-order valence-electron chi connectivity index (χ1n) is 7.84. The van der Waals surface area contributed by atoms with Crippen LogP contribution in [-0.2, 0) is 31.6 Å². The van der Waals surface area contributed by atoms with E-state index in [1.165, 1.54) is 0 Å². The van der Waals surface area contributed by atoms with E-state index in [0.717, 1.165) is 12.3 Å². The van der Waals surface area contributed by atoms with E-state index in [1.807, 2.05) is 0 Å². The molecule has 1 aromatic rings. The van der Waals surface area contributed by atoms with Crippen LogP contribution in [-0.4, -0.2) is 65.3 Å². The highest BCUT2D eigenvalue weighted by atomic mass is 31.3. The number of rotatable bonds is 9. The van der Waals surface area contributed by atoms with Crippen molar-refractivity contribution in [2.75, 3.05) is 18.9 Å². The molecule has 2 heterocycles. The molecule has 2 unspecified atom stereocenters. The number of aliphatic hydroxyl groups excluding tert-OH is 1. The summed E-state index contributed by atoms with van der Waals surface area (Å²) in [6.45, 7) is -1.99. The molecule has 2 rings (SSSR count). The number of aliphatic hydroxyl groups is 1. The molecule has 1 aromatic heterocycles. The van der Waals surface area contributed by atoms with E-state index in [0.29, 0.717) is 4.57 Å². The number of ether oxygens (including phenoxy) is 1. The van der Waals surface area contributed by atoms with Crippen LogP contribution in [0.5, 0.6) is 0 Å². The quantitative estimate of drug-likeness (QED) is 0.177. The summed E-state index contributed by atoms with van der Waals surface area (Å²) in [6.07, 6.45) is -5.28. The van der Waals surface area contributed by atoms with Gasteiger partial charge < -0.3 is 40.9 Å². The van der Waals surface area contributed by atoms with E-state index in [-0.39, 0.29) is 5.82 Å². The lowest BCUT2D eigenvalue weighted by Gasteiger charge is -2.30. The monoisotopic (exact) mass is 514 g/mol. The lowest BCUT2D eigenvalue weighted by atomic mass is 9.97. The molecule has 1 aliphatic rings. The Bertz CT molecular complexity index is 1020. The Morgan fingerprint density at radius 1 is 1.23 bits per heavy atom. The van der Waals surface area contributed by atoms with Crippen LogP contribution in [0.2, 0.25) is 0 Å². The van der Waals surface area contributed by atoms with Crippen LogP contribution < -0.4 is 17.2 Å². The Morgan fingerprint density at radius 3 is 2.35 bits per heavy atom. The van der Waals surface area contributed by atoms with Gasteiger partial charge in [-0.1, -0.05) is 0 Å². The number of aromatic nitrogens is 2. The summed E-state index contributed by atoms with van der Waals surface area (Å²) < 4.78 is 65.8. The van der Waals surface area contributed by atoms with Gasteiger partial charge in [-0.25, -0.2) is 22.9 Å². The van der Waals surface area contributed by atoms with E-state index in [9.17, 15) is 32.9 Å². The van der Waals surface area contributed by atoms with Crippen LogP contribution in [0.3, 0.4) is 0 Å². The summed E-state index contributed by atoms with van der Waals surface area (Å²) in [5.74, 6) is -0.187. The Balaban J connectivity index is 2.20. The van der Waals surface area contributed by atoms with Crippen LogP contribution in [0.1, 0.15) is 6.23 Å². The zero-order valence-corrected chi connectivity index (χ0v) is 17.8. The first-order valence-corrected chi connectivity index (χ1v) is 12.4. The van der Waals surface area contributed by atoms with Gasteiger partial charge in [0.15, 0.2) is 12.4 Å². The van der Waals surface area contributed by atoms with Gasteiger partial charge in [-0.2, -0.15) is 13.6 Å². The first-order chi connectivity index (χ1) is 14.0. The van der Waals surface area contributed by atoms with Crippen molar-refractivity contribution in [2.24, 2.45) is 5.73 Å². The number of nitrogen functional groups attached to an aromatic ring is 1. The van der Waals surface area contributed by atoms with E-state index in [1.54, 1.807) is 0 Å². The van der Waals surface area contributed by atoms with Crippen molar-refractivity contribution in [3.63, 3.8) is 0 Å². The van der Waals surface area contributed by atoms with Crippen molar-refractivity contribution in [3.05, 3.63) is 22.7 Å². The molecule has 1 saturated heterocycles. The molecule has 9 N–H and O–H groups in total. The van der Waals surface area contributed by atoms with E-state index in [2.05, 4.69) is 18.1 Å². The molecule has 0 amide bonds. The second kappa shape index (κ2) is 9.03. The van der Waals surface area contributed by atoms with E-state index < -0.39 is 66.4 Å². The predicted octanol–water partition coefficient (Wildman–Crippen LogP) is -1.91. The molecular weight excluding hydrogens is 496 g/mol. The Morgan fingerprint density at radius 2 is 1.84 bits per heavy atom. The smallest absolute Gasteiger partial charge is 0.387 e. The number of phosphoric acid groups is 3. The molecular formula is C10H18FN4O13P3. The molecule has 0 radical (unpaired) electrons. The molecule has 1 aliphatic heterocycles. The molecule has 0 saturated carbocycles. The molecule has 17 nitrogen and oxygen atoms in total. The van der Waals surface area contributed by atoms with Crippen LogP contribution in [0.4, 0.5) is 10.2 Å². The fourth-order valence-corrected chi connectivity index (χ4v) is 5.57. The van der Waals surface area contributed by atoms with Gasteiger partial charge in [-0.3, -0.25) is 9.09 Å². The number of halogens is 1. The van der Waals surface area contributed by atoms with Gasteiger partial charge >= 0.3 is 29.2 Å². The minimum Gasteiger partial charge on any atom is -0.387 e. The summed E-state index contributed by atoms with van der Waals surface area (Å²) in [4.78, 5) is 50.9. The number of nitrogens with zero attached hydrogens (tertiary/aromatic N) is 2. The van der Waals surface area contributed by atoms with Crippen LogP contribution in [0.15, 0.2) is 17.1 Å². The largest absolute Gasteiger partial charge is 0.490 e. The van der Waals surface area contributed by atoms with E-state index >= 15 is 0 Å². The fraction of sp³-hybridized carbons (Fsp3) is 0.600. The average molecular weight is 514 g/mol. The molecule has 1 fully saturated rings. The minimum atomic E-state index is -5.80. The summed E-state index contributed by atoms with van der Waals surface area (Å²) in [5, 5.41) is 10.2. The third-order valence-corrected chi connectivity index (χ3v) is 7.61. The zero-order valence-electron chi connectivity index (χ0n) is 15.1. The first kappa shape index (κ1) is 26.2. The van der Waals surface area contributed by atoms with Crippen LogP contribution in [0.25, 0.3) is 0 Å². The number of alkyl halides is 1. The zero-order chi connectivity index (χ0) is 23.8. The Labute approximate surface area is 171 Å². The highest BCUT2D eigenvalue weighted by molar-refractivity contribution is 7.66. The molecule has 0 aliphatic carbocycles. The summed E-state index contributed by atoms with van der Waals surface area (Å²) in [5.41, 5.74) is 7.47. The predicted molar refractivity (Wildman–Crippen MR) is 95.5 cm³/mol. The summed E-state index contributed by atoms with van der Waals surface area (Å²) >= 11 is 0. The molecule has 21 heteroatoms. The molecule has 0 spiro atoms. The number of phosphoric ester groups is 1. The van der Waals surface area contributed by atoms with Gasteiger partial charge in [-0.05, 0) is 6.07 Å². The van der Waals surface area contributed by atoms with Gasteiger partial charge in [0.05, 0.1) is 6.61 Å². The topological polar surface area (TPSA) is 276 Å². The molecule has 0 aromatic carbocycles. The number of hydrogen-bond donors (Lipinski definition) is 7. The van der Waals surface area contributed by atoms with Crippen LogP contribution in [0, 0.1) is 0 Å². The summed E-state index contributed by atoms with van der Waals surface area (Å²) in [7, 11) is -17.0. The SMILES string of the molecule is NC[C@]1(COP(=O)(O)OP(=O)(O)OP(=O)(O)O)O[C@@H](n2ccc(N)nc2=O)[C@H](F)[C@@H]1O. The molecule has 6 atom stereocenters. The third-order valence-electron chi connectivity index (χ3n) is 3.83. The normalized spacial score (nSPS) is 30.6. The summed E-state index contributed by atoms with van der Waals surface area (Å²) in [6, 6.07) is 1.12. The molecule has 31 heavy (non-hydrogen) atoms. The number of hydrogen-bond acceptors (Lipinski definition) is 12. The second-order valence-electron chi connectivity index (χ2n) is 6.07. The lowest BCUT2D eigenvalue weighted by Crippen LogP contribution is -2.51. The third kappa shape index (κ3) is 6.46. The Kier molecular flexibility index (Phi) is 7.62. The highest BCUT2D eigenvalue weighted by Crippen LogP contribution is 2.66. The average Bonchev–Trinajstić information content (AvgIpc) is 2.82. The van der Waals surface area contributed by atoms with Crippen molar-refractivity contribution in [3.8, 4) is 0 Å². The Hall–Kier alpha value is -1.10. The molecule has 178 valence electrons. The fourth-order valence-electron chi connectivity index (χ4n) is 2.49. The number of nitrogens with two attached hydrogens (primary N) is 2. The maximum Gasteiger partial charge on any atom is 0.490 e. The standard InChI is InChI=1S/C10H18FN4O13P3/c11-6-7(16)10(3-12,26-8(6)15-2-1-5(13)14-9(15)17)4-25-30(21,22)28-31(23,24)27-29(18,19)20/h1-2,6-8,16H,3-4,12H2,(H,21,22)(H,23,24)(H2,13,14,17)(H2,18,19,20)/t6-,7+,8-,10-/m1/s1. The van der Waals surface area contributed by atoms with Gasteiger partial charge in [-0.15, -0.1) is 0 Å². The number of anilines is 1. The maximum absolute atomic E-state index is 14.6. The van der Waals surface area contributed by atoms with Crippen LogP contribution >= 0.6 is 23.5 Å². The van der Waals surface area contributed by atoms with Crippen molar-refractivity contribution < 1.29 is 60.6 Å². The van der Waals surface area contributed by atoms with Gasteiger partial charge in [0.2, 0.25) is 0 Å². The minimum absolute atomic E-state index is 0.187. The van der Waals surface area contributed by atoms with Crippen molar-refractivity contribution >= 4 is 29.3 Å². The highest BCUT2D eigenvalue weighted by Gasteiger charge is 2.57. The van der Waals surface area contributed by atoms with Crippen molar-refractivity contribution in [1.29, 1.82) is 0 Å². The van der Waals surface area contributed by atoms with Gasteiger partial charge in [0, 0.05) is 12.7 Å². The van der Waals surface area contributed by atoms with Gasteiger partial charge in [0.25, 0.3) is 0 Å².